The topological polar surface area (TPSA) is 71.3 Å². The molecule has 162 valence electrons. The first-order valence-corrected chi connectivity index (χ1v) is 11.1. The fraction of sp³-hybridized carbons (Fsp3) is 0.417. The normalized spacial score (nSPS) is 19.7. The van der Waals surface area contributed by atoms with Crippen molar-refractivity contribution in [3.8, 4) is 0 Å². The molecule has 1 unspecified atom stereocenters. The molecular weight excluding hydrogens is 390 g/mol. The van der Waals surface area contributed by atoms with E-state index in [9.17, 15) is 9.59 Å². The molecule has 2 N–H and O–H groups in total. The van der Waals surface area contributed by atoms with E-state index in [-0.39, 0.29) is 24.2 Å². The number of hydrogen-bond donors (Lipinski definition) is 2. The van der Waals surface area contributed by atoms with Crippen molar-refractivity contribution >= 4 is 22.6 Å². The van der Waals surface area contributed by atoms with Gasteiger partial charge < -0.3 is 10.6 Å². The summed E-state index contributed by atoms with van der Waals surface area (Å²) in [6.45, 7) is 2.97. The number of nitrogens with zero attached hydrogens (tertiary/aromatic N) is 3. The fourth-order valence-corrected chi connectivity index (χ4v) is 5.24. The molecule has 2 aromatic carbocycles. The molecule has 1 amide bonds. The zero-order valence-electron chi connectivity index (χ0n) is 17.9. The average Bonchev–Trinajstić information content (AvgIpc) is 3.10. The van der Waals surface area contributed by atoms with Crippen LogP contribution in [0.2, 0.25) is 0 Å². The van der Waals surface area contributed by atoms with Crippen LogP contribution in [0.5, 0.6) is 0 Å². The number of carbonyl (C=O) groups is 1. The maximum Gasteiger partial charge on any atom is 0.329 e. The number of amides is 1. The molecule has 1 fully saturated rings. The minimum absolute atomic E-state index is 0.0492. The molecule has 0 saturated carbocycles. The predicted octanol–water partition coefficient (Wildman–Crippen LogP) is 2.74. The Bertz CT molecular complexity index is 1160. The lowest BCUT2D eigenvalue weighted by Gasteiger charge is -2.40. The van der Waals surface area contributed by atoms with Gasteiger partial charge in [-0.25, -0.2) is 4.79 Å². The Hall–Kier alpha value is -3.06. The van der Waals surface area contributed by atoms with E-state index in [1.165, 1.54) is 11.3 Å². The zero-order valence-corrected chi connectivity index (χ0v) is 17.9. The molecular formula is C24H29N5O2. The van der Waals surface area contributed by atoms with Crippen molar-refractivity contribution in [1.82, 2.24) is 19.4 Å². The van der Waals surface area contributed by atoms with Gasteiger partial charge in [-0.1, -0.05) is 30.3 Å². The summed E-state index contributed by atoms with van der Waals surface area (Å²) in [5.74, 6) is -0.163. The van der Waals surface area contributed by atoms with Crippen LogP contribution >= 0.6 is 0 Å². The third-order valence-electron chi connectivity index (χ3n) is 6.81. The SMILES string of the molecule is CNC(=O)Cn1c(=O)n(C2CCN(C3CCNc4ccccc43)CC2)c2ccccc21. The van der Waals surface area contributed by atoms with Gasteiger partial charge in [0.05, 0.1) is 11.0 Å². The minimum atomic E-state index is -0.163. The maximum absolute atomic E-state index is 13.3. The van der Waals surface area contributed by atoms with Crippen molar-refractivity contribution in [1.29, 1.82) is 0 Å². The Morgan fingerprint density at radius 1 is 1.03 bits per heavy atom. The predicted molar refractivity (Wildman–Crippen MR) is 122 cm³/mol. The lowest BCUT2D eigenvalue weighted by atomic mass is 9.93. The molecule has 5 rings (SSSR count). The number of benzene rings is 2. The Kier molecular flexibility index (Phi) is 5.28. The van der Waals surface area contributed by atoms with Crippen LogP contribution in [-0.4, -0.2) is 46.6 Å². The first-order chi connectivity index (χ1) is 15.2. The van der Waals surface area contributed by atoms with Crippen LogP contribution in [0.1, 0.15) is 36.9 Å². The number of aromatic nitrogens is 2. The Morgan fingerprint density at radius 2 is 1.74 bits per heavy atom. The zero-order chi connectivity index (χ0) is 21.4. The molecule has 0 radical (unpaired) electrons. The number of likely N-dealkylation sites (N-methyl/N-ethyl adjacent to an activating group) is 1. The molecule has 7 nitrogen and oxygen atoms in total. The highest BCUT2D eigenvalue weighted by Crippen LogP contribution is 2.37. The second kappa shape index (κ2) is 8.23. The molecule has 0 aliphatic carbocycles. The van der Waals surface area contributed by atoms with Crippen molar-refractivity contribution in [2.24, 2.45) is 0 Å². The second-order valence-electron chi connectivity index (χ2n) is 8.49. The van der Waals surface area contributed by atoms with E-state index in [4.69, 9.17) is 0 Å². The Balaban J connectivity index is 1.40. The standard InChI is InChI=1S/C24H29N5O2/c1-25-23(30)16-28-21-8-4-5-9-22(21)29(24(28)31)17-11-14-27(15-12-17)20-10-13-26-19-7-3-2-6-18(19)20/h2-9,17,20,26H,10-16H2,1H3,(H,25,30). The van der Waals surface area contributed by atoms with E-state index in [0.717, 1.165) is 49.9 Å². The number of likely N-dealkylation sites (tertiary alicyclic amines) is 1. The Morgan fingerprint density at radius 3 is 2.52 bits per heavy atom. The fourth-order valence-electron chi connectivity index (χ4n) is 5.24. The summed E-state index contributed by atoms with van der Waals surface area (Å²) < 4.78 is 3.52. The van der Waals surface area contributed by atoms with Gasteiger partial charge in [0, 0.05) is 44.5 Å². The molecule has 1 atom stereocenters. The molecule has 1 saturated heterocycles. The highest BCUT2D eigenvalue weighted by atomic mass is 16.2. The van der Waals surface area contributed by atoms with Gasteiger partial charge in [0.15, 0.2) is 0 Å². The molecule has 7 heteroatoms. The molecule has 0 bridgehead atoms. The summed E-state index contributed by atoms with van der Waals surface area (Å²) in [7, 11) is 1.60. The van der Waals surface area contributed by atoms with E-state index in [1.54, 1.807) is 11.6 Å². The summed E-state index contributed by atoms with van der Waals surface area (Å²) >= 11 is 0. The van der Waals surface area contributed by atoms with Gasteiger partial charge in [0.2, 0.25) is 5.91 Å². The van der Waals surface area contributed by atoms with Crippen molar-refractivity contribution in [3.63, 3.8) is 0 Å². The van der Waals surface area contributed by atoms with Crippen LogP contribution in [0.25, 0.3) is 11.0 Å². The van der Waals surface area contributed by atoms with Crippen molar-refractivity contribution in [3.05, 3.63) is 64.6 Å². The summed E-state index contributed by atoms with van der Waals surface area (Å²) in [5, 5.41) is 6.13. The Labute approximate surface area is 181 Å². The molecule has 2 aliphatic heterocycles. The van der Waals surface area contributed by atoms with Gasteiger partial charge in [-0.3, -0.25) is 18.8 Å². The smallest absolute Gasteiger partial charge is 0.329 e. The molecule has 31 heavy (non-hydrogen) atoms. The van der Waals surface area contributed by atoms with E-state index in [0.29, 0.717) is 6.04 Å². The van der Waals surface area contributed by atoms with E-state index < -0.39 is 0 Å². The summed E-state index contributed by atoms with van der Waals surface area (Å²) in [6, 6.07) is 17.0. The number of hydrogen-bond acceptors (Lipinski definition) is 4. The van der Waals surface area contributed by atoms with Crippen LogP contribution in [-0.2, 0) is 11.3 Å². The lowest BCUT2D eigenvalue weighted by Crippen LogP contribution is -2.41. The number of piperidine rings is 1. The number of nitrogens with one attached hydrogen (secondary N) is 2. The van der Waals surface area contributed by atoms with Gasteiger partial charge in [0.25, 0.3) is 0 Å². The van der Waals surface area contributed by atoms with Gasteiger partial charge >= 0.3 is 5.69 Å². The first-order valence-electron chi connectivity index (χ1n) is 11.1. The van der Waals surface area contributed by atoms with E-state index in [1.807, 2.05) is 28.8 Å². The van der Waals surface area contributed by atoms with Gasteiger partial charge in [-0.15, -0.1) is 0 Å². The summed E-state index contributed by atoms with van der Waals surface area (Å²) in [5.41, 5.74) is 4.28. The summed E-state index contributed by atoms with van der Waals surface area (Å²) in [6.07, 6.45) is 2.97. The monoisotopic (exact) mass is 419 g/mol. The average molecular weight is 420 g/mol. The van der Waals surface area contributed by atoms with Crippen LogP contribution in [0, 0.1) is 0 Å². The second-order valence-corrected chi connectivity index (χ2v) is 8.49. The van der Waals surface area contributed by atoms with Crippen molar-refractivity contribution < 1.29 is 4.79 Å². The van der Waals surface area contributed by atoms with Gasteiger partial charge in [-0.05, 0) is 43.0 Å². The van der Waals surface area contributed by atoms with Crippen LogP contribution in [0.15, 0.2) is 53.3 Å². The number of para-hydroxylation sites is 3. The van der Waals surface area contributed by atoms with Crippen LogP contribution < -0.4 is 16.3 Å². The van der Waals surface area contributed by atoms with Crippen LogP contribution in [0.3, 0.4) is 0 Å². The molecule has 3 aromatic rings. The number of imidazole rings is 1. The van der Waals surface area contributed by atoms with E-state index in [2.05, 4.69) is 39.8 Å². The molecule has 3 heterocycles. The minimum Gasteiger partial charge on any atom is -0.385 e. The number of rotatable bonds is 4. The quantitative estimate of drug-likeness (QED) is 0.682. The third kappa shape index (κ3) is 3.53. The lowest BCUT2D eigenvalue weighted by molar-refractivity contribution is -0.121. The van der Waals surface area contributed by atoms with Gasteiger partial charge in [0.1, 0.15) is 6.54 Å². The highest BCUT2D eigenvalue weighted by Gasteiger charge is 2.31. The largest absolute Gasteiger partial charge is 0.385 e. The van der Waals surface area contributed by atoms with E-state index >= 15 is 0 Å². The first kappa shape index (κ1) is 19.9. The number of carbonyl (C=O) groups excluding carboxylic acids is 1. The number of fused-ring (bicyclic) bond motifs is 2. The van der Waals surface area contributed by atoms with Crippen molar-refractivity contribution in [2.75, 3.05) is 32.0 Å². The summed E-state index contributed by atoms with van der Waals surface area (Å²) in [4.78, 5) is 27.9. The molecule has 2 aliphatic rings. The molecule has 1 aromatic heterocycles. The van der Waals surface area contributed by atoms with Crippen molar-refractivity contribution in [2.45, 2.75) is 37.9 Å². The van der Waals surface area contributed by atoms with Gasteiger partial charge in [-0.2, -0.15) is 0 Å². The number of anilines is 1. The third-order valence-corrected chi connectivity index (χ3v) is 6.81. The molecule has 0 spiro atoms. The highest BCUT2D eigenvalue weighted by molar-refractivity contribution is 5.80. The van der Waals surface area contributed by atoms with Crippen LogP contribution in [0.4, 0.5) is 5.69 Å². The maximum atomic E-state index is 13.3.